The first-order valence-corrected chi connectivity index (χ1v) is 7.23. The van der Waals surface area contributed by atoms with Gasteiger partial charge < -0.3 is 10.4 Å². The van der Waals surface area contributed by atoms with E-state index in [-0.39, 0.29) is 6.54 Å². The van der Waals surface area contributed by atoms with Crippen molar-refractivity contribution in [2.24, 2.45) is 0 Å². The van der Waals surface area contributed by atoms with Crippen LogP contribution in [-0.4, -0.2) is 26.6 Å². The van der Waals surface area contributed by atoms with Crippen LogP contribution >= 0.6 is 11.6 Å². The Kier molecular flexibility index (Phi) is 3.92. The molecule has 2 aromatic heterocycles. The number of fused-ring (bicyclic) bond motifs is 1. The van der Waals surface area contributed by atoms with Gasteiger partial charge in [-0.3, -0.25) is 4.98 Å². The van der Waals surface area contributed by atoms with Crippen molar-refractivity contribution in [2.75, 3.05) is 11.9 Å². The van der Waals surface area contributed by atoms with Crippen LogP contribution in [0.2, 0.25) is 5.02 Å². The Balaban J connectivity index is 1.79. The highest BCUT2D eigenvalue weighted by atomic mass is 35.5. The smallest absolute Gasteiger partial charge is 0.180 e. The van der Waals surface area contributed by atoms with E-state index in [1.54, 1.807) is 31.5 Å². The molecule has 0 bridgehead atoms. The highest BCUT2D eigenvalue weighted by molar-refractivity contribution is 6.31. The first-order chi connectivity index (χ1) is 10.6. The minimum atomic E-state index is -1.11. The number of nitrogens with zero attached hydrogens (tertiary/aromatic N) is 3. The molecule has 22 heavy (non-hydrogen) atoms. The molecule has 0 aliphatic rings. The first-order valence-electron chi connectivity index (χ1n) is 6.85. The number of rotatable bonds is 4. The molecular formula is C16H15ClN4O. The van der Waals surface area contributed by atoms with Gasteiger partial charge in [0.2, 0.25) is 0 Å². The van der Waals surface area contributed by atoms with Crippen LogP contribution in [0.4, 0.5) is 5.82 Å². The maximum absolute atomic E-state index is 10.6. The number of hydrogen-bond donors (Lipinski definition) is 2. The molecule has 0 fully saturated rings. The van der Waals surface area contributed by atoms with Crippen molar-refractivity contribution < 1.29 is 5.11 Å². The summed E-state index contributed by atoms with van der Waals surface area (Å²) in [5.41, 5.74) is 0.845. The van der Waals surface area contributed by atoms with Crippen LogP contribution in [0.15, 0.2) is 48.8 Å². The fourth-order valence-corrected chi connectivity index (χ4v) is 2.55. The van der Waals surface area contributed by atoms with Crippen LogP contribution in [0, 0.1) is 0 Å². The van der Waals surface area contributed by atoms with E-state index in [4.69, 9.17) is 11.6 Å². The first kappa shape index (κ1) is 14.7. The summed E-state index contributed by atoms with van der Waals surface area (Å²) < 4.78 is 0. The van der Waals surface area contributed by atoms with Crippen molar-refractivity contribution in [3.63, 3.8) is 0 Å². The van der Waals surface area contributed by atoms with Crippen molar-refractivity contribution in [3.05, 3.63) is 59.4 Å². The quantitative estimate of drug-likeness (QED) is 0.774. The highest BCUT2D eigenvalue weighted by Gasteiger charge is 2.25. The number of benzene rings is 1. The van der Waals surface area contributed by atoms with Crippen LogP contribution in [0.1, 0.15) is 12.5 Å². The van der Waals surface area contributed by atoms with Gasteiger partial charge in [0.1, 0.15) is 16.9 Å². The lowest BCUT2D eigenvalue weighted by atomic mass is 9.96. The van der Waals surface area contributed by atoms with Crippen molar-refractivity contribution in [1.82, 2.24) is 15.0 Å². The zero-order valence-electron chi connectivity index (χ0n) is 12.0. The third-order valence-corrected chi connectivity index (χ3v) is 3.73. The second-order valence-electron chi connectivity index (χ2n) is 5.20. The molecule has 112 valence electrons. The Labute approximate surface area is 133 Å². The van der Waals surface area contributed by atoms with Crippen LogP contribution in [0.25, 0.3) is 11.2 Å². The second kappa shape index (κ2) is 5.87. The van der Waals surface area contributed by atoms with Crippen molar-refractivity contribution in [1.29, 1.82) is 0 Å². The maximum atomic E-state index is 10.6. The van der Waals surface area contributed by atoms with Crippen LogP contribution in [0.3, 0.4) is 0 Å². The summed E-state index contributed by atoms with van der Waals surface area (Å²) in [4.78, 5) is 12.7. The van der Waals surface area contributed by atoms with Gasteiger partial charge in [0, 0.05) is 29.5 Å². The Bertz CT molecular complexity index is 807. The summed E-state index contributed by atoms with van der Waals surface area (Å²) in [6, 6.07) is 10.9. The number of halogens is 1. The molecule has 5 nitrogen and oxygen atoms in total. The molecular weight excluding hydrogens is 300 g/mol. The molecule has 0 aliphatic carbocycles. The number of anilines is 1. The fourth-order valence-electron chi connectivity index (χ4n) is 2.21. The predicted octanol–water partition coefficient (Wildman–Crippen LogP) is 3.00. The average molecular weight is 315 g/mol. The van der Waals surface area contributed by atoms with Crippen molar-refractivity contribution in [2.45, 2.75) is 12.5 Å². The summed E-state index contributed by atoms with van der Waals surface area (Å²) in [5, 5.41) is 14.3. The van der Waals surface area contributed by atoms with Crippen LogP contribution in [0.5, 0.6) is 0 Å². The van der Waals surface area contributed by atoms with Gasteiger partial charge in [-0.15, -0.1) is 0 Å². The summed E-state index contributed by atoms with van der Waals surface area (Å²) in [6.45, 7) is 1.98. The lowest BCUT2D eigenvalue weighted by Gasteiger charge is -2.25. The van der Waals surface area contributed by atoms with Gasteiger partial charge in [-0.1, -0.05) is 29.8 Å². The molecule has 6 heteroatoms. The molecule has 1 unspecified atom stereocenters. The average Bonchev–Trinajstić information content (AvgIpc) is 2.53. The third kappa shape index (κ3) is 3.00. The molecule has 3 aromatic rings. The minimum absolute atomic E-state index is 0.273. The molecule has 2 N–H and O–H groups in total. The largest absolute Gasteiger partial charge is 0.384 e. The molecule has 0 aliphatic heterocycles. The Morgan fingerprint density at radius 1 is 1.14 bits per heavy atom. The molecule has 3 rings (SSSR count). The zero-order chi connectivity index (χ0) is 15.6. The van der Waals surface area contributed by atoms with E-state index in [1.807, 2.05) is 24.3 Å². The number of aliphatic hydroxyl groups is 1. The topological polar surface area (TPSA) is 70.9 Å². The van der Waals surface area contributed by atoms with Gasteiger partial charge in [0.05, 0.1) is 0 Å². The number of aromatic nitrogens is 3. The normalized spacial score (nSPS) is 13.8. The maximum Gasteiger partial charge on any atom is 0.180 e. The Hall–Kier alpha value is -2.24. The number of nitrogens with one attached hydrogen (secondary N) is 1. The van der Waals surface area contributed by atoms with E-state index in [1.165, 1.54) is 0 Å². The van der Waals surface area contributed by atoms with Crippen LogP contribution in [-0.2, 0) is 5.60 Å². The van der Waals surface area contributed by atoms with Crippen molar-refractivity contribution >= 4 is 28.6 Å². The van der Waals surface area contributed by atoms with Gasteiger partial charge in [0.15, 0.2) is 5.65 Å². The third-order valence-electron chi connectivity index (χ3n) is 3.40. The van der Waals surface area contributed by atoms with E-state index >= 15 is 0 Å². The molecule has 1 atom stereocenters. The Morgan fingerprint density at radius 2 is 1.91 bits per heavy atom. The fraction of sp³-hybridized carbons (Fsp3) is 0.188. The molecule has 0 spiro atoms. The molecule has 2 heterocycles. The molecule has 0 amide bonds. The minimum Gasteiger partial charge on any atom is -0.384 e. The lowest BCUT2D eigenvalue weighted by Crippen LogP contribution is -2.31. The monoisotopic (exact) mass is 314 g/mol. The van der Waals surface area contributed by atoms with Gasteiger partial charge in [-0.05, 0) is 25.1 Å². The molecule has 0 saturated heterocycles. The van der Waals surface area contributed by atoms with E-state index in [2.05, 4.69) is 20.3 Å². The SMILES string of the molecule is CC(O)(CNc1ccc2nccnc2n1)c1ccccc1Cl. The highest BCUT2D eigenvalue weighted by Crippen LogP contribution is 2.28. The van der Waals surface area contributed by atoms with Gasteiger partial charge in [-0.2, -0.15) is 0 Å². The van der Waals surface area contributed by atoms with Crippen molar-refractivity contribution in [3.8, 4) is 0 Å². The lowest BCUT2D eigenvalue weighted by molar-refractivity contribution is 0.0715. The van der Waals surface area contributed by atoms with E-state index in [9.17, 15) is 5.11 Å². The van der Waals surface area contributed by atoms with Gasteiger partial charge >= 0.3 is 0 Å². The Morgan fingerprint density at radius 3 is 2.73 bits per heavy atom. The van der Waals surface area contributed by atoms with Gasteiger partial charge in [0.25, 0.3) is 0 Å². The second-order valence-corrected chi connectivity index (χ2v) is 5.61. The summed E-state index contributed by atoms with van der Waals surface area (Å²) in [5.74, 6) is 0.625. The van der Waals surface area contributed by atoms with E-state index < -0.39 is 5.60 Å². The summed E-state index contributed by atoms with van der Waals surface area (Å²) >= 11 is 6.15. The van der Waals surface area contributed by atoms with E-state index in [0.717, 1.165) is 5.52 Å². The molecule has 0 saturated carbocycles. The standard InChI is InChI=1S/C16H15ClN4O/c1-16(22,11-4-2-3-5-12(11)17)10-20-14-7-6-13-15(21-14)19-9-8-18-13/h2-9,22H,10H2,1H3,(H,19,20,21). The number of pyridine rings is 1. The predicted molar refractivity (Wildman–Crippen MR) is 86.8 cm³/mol. The van der Waals surface area contributed by atoms with Crippen LogP contribution < -0.4 is 5.32 Å². The molecule has 0 radical (unpaired) electrons. The summed E-state index contributed by atoms with van der Waals surface area (Å²) in [6.07, 6.45) is 3.22. The number of hydrogen-bond acceptors (Lipinski definition) is 5. The zero-order valence-corrected chi connectivity index (χ0v) is 12.7. The van der Waals surface area contributed by atoms with Gasteiger partial charge in [-0.25, -0.2) is 9.97 Å². The molecule has 1 aromatic carbocycles. The van der Waals surface area contributed by atoms with E-state index in [0.29, 0.717) is 22.1 Å². The summed E-state index contributed by atoms with van der Waals surface area (Å²) in [7, 11) is 0.